The van der Waals surface area contributed by atoms with Crippen molar-refractivity contribution in [3.8, 4) is 0 Å². The van der Waals surface area contributed by atoms with Gasteiger partial charge in [0.1, 0.15) is 11.6 Å². The molecule has 0 N–H and O–H groups in total. The molecule has 0 bridgehead atoms. The fourth-order valence-corrected chi connectivity index (χ4v) is 1.96. The predicted octanol–water partition coefficient (Wildman–Crippen LogP) is 2.34. The lowest BCUT2D eigenvalue weighted by Crippen LogP contribution is -2.00. The molecule has 0 unspecified atom stereocenters. The normalized spacial score (nSPS) is 11.7. The Hall–Kier alpha value is -0.680. The largest absolute Gasteiger partial charge is 0.236 e. The summed E-state index contributed by atoms with van der Waals surface area (Å²) < 4.78 is 47.1. The van der Waals surface area contributed by atoms with Crippen molar-refractivity contribution in [2.75, 3.05) is 0 Å². The third kappa shape index (κ3) is 2.92. The van der Waals surface area contributed by atoms with Gasteiger partial charge in [-0.1, -0.05) is 0 Å². The highest BCUT2D eigenvalue weighted by atomic mass is 35.7. The van der Waals surface area contributed by atoms with Crippen LogP contribution >= 0.6 is 10.7 Å². The van der Waals surface area contributed by atoms with Crippen molar-refractivity contribution in [2.45, 2.75) is 12.7 Å². The number of aryl methyl sites for hydroxylation is 1. The topological polar surface area (TPSA) is 34.1 Å². The zero-order chi connectivity index (χ0) is 10.9. The third-order valence-corrected chi connectivity index (χ3v) is 2.64. The van der Waals surface area contributed by atoms with Crippen LogP contribution in [0, 0.1) is 18.6 Å². The van der Waals surface area contributed by atoms with E-state index in [-0.39, 0.29) is 11.1 Å². The molecular formula is C8H7ClF2O2S. The van der Waals surface area contributed by atoms with Crippen LogP contribution in [0.25, 0.3) is 0 Å². The molecule has 78 valence electrons. The molecule has 1 aromatic carbocycles. The van der Waals surface area contributed by atoms with Crippen molar-refractivity contribution in [3.05, 3.63) is 34.9 Å². The quantitative estimate of drug-likeness (QED) is 0.744. The molecule has 0 aliphatic heterocycles. The monoisotopic (exact) mass is 240 g/mol. The molecule has 0 spiro atoms. The van der Waals surface area contributed by atoms with Gasteiger partial charge in [-0.3, -0.25) is 0 Å². The second kappa shape index (κ2) is 3.82. The Labute approximate surface area is 84.9 Å². The molecule has 2 nitrogen and oxygen atoms in total. The van der Waals surface area contributed by atoms with Crippen molar-refractivity contribution in [2.24, 2.45) is 0 Å². The number of halogens is 3. The van der Waals surface area contributed by atoms with Crippen molar-refractivity contribution < 1.29 is 17.2 Å². The van der Waals surface area contributed by atoms with E-state index in [1.165, 1.54) is 6.92 Å². The summed E-state index contributed by atoms with van der Waals surface area (Å²) in [4.78, 5) is 0. The van der Waals surface area contributed by atoms with Gasteiger partial charge >= 0.3 is 0 Å². The number of rotatable bonds is 2. The summed E-state index contributed by atoms with van der Waals surface area (Å²) in [5.74, 6) is -2.25. The van der Waals surface area contributed by atoms with Gasteiger partial charge in [-0.05, 0) is 18.6 Å². The van der Waals surface area contributed by atoms with Crippen molar-refractivity contribution in [3.63, 3.8) is 0 Å². The first-order valence-corrected chi connectivity index (χ1v) is 6.14. The second-order valence-corrected chi connectivity index (χ2v) is 5.65. The number of benzene rings is 1. The first-order valence-electron chi connectivity index (χ1n) is 3.66. The van der Waals surface area contributed by atoms with Crippen LogP contribution in [0.2, 0.25) is 0 Å². The molecule has 6 heteroatoms. The van der Waals surface area contributed by atoms with Crippen LogP contribution in [0.15, 0.2) is 12.1 Å². The average Bonchev–Trinajstić information content (AvgIpc) is 1.97. The molecule has 14 heavy (non-hydrogen) atoms. The van der Waals surface area contributed by atoms with Gasteiger partial charge < -0.3 is 0 Å². The third-order valence-electron chi connectivity index (χ3n) is 1.66. The van der Waals surface area contributed by atoms with E-state index in [0.29, 0.717) is 6.07 Å². The molecule has 0 radical (unpaired) electrons. The van der Waals surface area contributed by atoms with Gasteiger partial charge in [-0.15, -0.1) is 0 Å². The lowest BCUT2D eigenvalue weighted by Gasteiger charge is -2.03. The molecule has 0 fully saturated rings. The first-order chi connectivity index (χ1) is 6.29. The van der Waals surface area contributed by atoms with Crippen LogP contribution in [-0.2, 0) is 14.8 Å². The molecule has 0 saturated carbocycles. The minimum absolute atomic E-state index is 0.126. The van der Waals surface area contributed by atoms with E-state index in [1.807, 2.05) is 0 Å². The maximum absolute atomic E-state index is 13.0. The standard InChI is InChI=1S/C8H7ClF2O2S/c1-5-2-6(4-14(9,12)13)8(11)3-7(5)10/h2-3H,4H2,1H3. The molecule has 0 amide bonds. The summed E-state index contributed by atoms with van der Waals surface area (Å²) in [6.45, 7) is 1.42. The summed E-state index contributed by atoms with van der Waals surface area (Å²) in [7, 11) is 1.12. The van der Waals surface area contributed by atoms with Crippen molar-refractivity contribution >= 4 is 19.7 Å². The predicted molar refractivity (Wildman–Crippen MR) is 49.6 cm³/mol. The summed E-state index contributed by atoms with van der Waals surface area (Å²) in [5, 5.41) is 0. The van der Waals surface area contributed by atoms with E-state index in [1.54, 1.807) is 0 Å². The Morgan fingerprint density at radius 2 is 1.86 bits per heavy atom. The molecule has 1 aromatic rings. The number of hydrogen-bond donors (Lipinski definition) is 0. The molecule has 0 aliphatic carbocycles. The lowest BCUT2D eigenvalue weighted by atomic mass is 10.1. The maximum Gasteiger partial charge on any atom is 0.236 e. The van der Waals surface area contributed by atoms with Crippen LogP contribution < -0.4 is 0 Å². The highest BCUT2D eigenvalue weighted by Gasteiger charge is 2.13. The van der Waals surface area contributed by atoms with Gasteiger partial charge in [0.05, 0.1) is 5.75 Å². The van der Waals surface area contributed by atoms with Gasteiger partial charge in [0.25, 0.3) is 0 Å². The Morgan fingerprint density at radius 3 is 2.36 bits per heavy atom. The summed E-state index contributed by atoms with van der Waals surface area (Å²) >= 11 is 0. The molecule has 0 saturated heterocycles. The first kappa shape index (κ1) is 11.4. The van der Waals surface area contributed by atoms with Crippen LogP contribution in [-0.4, -0.2) is 8.42 Å². The summed E-state index contributed by atoms with van der Waals surface area (Å²) in [6, 6.07) is 1.78. The molecule has 0 atom stereocenters. The van der Waals surface area contributed by atoms with E-state index in [4.69, 9.17) is 10.7 Å². The van der Waals surface area contributed by atoms with E-state index < -0.39 is 26.4 Å². The minimum Gasteiger partial charge on any atom is -0.212 e. The molecule has 1 rings (SSSR count). The Bertz CT molecular complexity index is 457. The zero-order valence-electron chi connectivity index (χ0n) is 7.22. The highest BCUT2D eigenvalue weighted by Crippen LogP contribution is 2.17. The van der Waals surface area contributed by atoms with Gasteiger partial charge in [-0.25, -0.2) is 17.2 Å². The summed E-state index contributed by atoms with van der Waals surface area (Å²) in [5.41, 5.74) is 0.0561. The van der Waals surface area contributed by atoms with Gasteiger partial charge in [0.2, 0.25) is 9.05 Å². The van der Waals surface area contributed by atoms with E-state index >= 15 is 0 Å². The Morgan fingerprint density at radius 1 is 1.29 bits per heavy atom. The second-order valence-electron chi connectivity index (χ2n) is 2.88. The summed E-state index contributed by atoms with van der Waals surface area (Å²) in [6.07, 6.45) is 0. The van der Waals surface area contributed by atoms with Crippen LogP contribution in [0.3, 0.4) is 0 Å². The smallest absolute Gasteiger partial charge is 0.212 e. The fourth-order valence-electron chi connectivity index (χ4n) is 1.01. The minimum atomic E-state index is -3.82. The average molecular weight is 241 g/mol. The fraction of sp³-hybridized carbons (Fsp3) is 0.250. The van der Waals surface area contributed by atoms with Crippen molar-refractivity contribution in [1.82, 2.24) is 0 Å². The SMILES string of the molecule is Cc1cc(CS(=O)(=O)Cl)c(F)cc1F. The van der Waals surface area contributed by atoms with Crippen LogP contribution in [0.1, 0.15) is 11.1 Å². The lowest BCUT2D eigenvalue weighted by molar-refractivity contribution is 0.567. The van der Waals surface area contributed by atoms with Crippen LogP contribution in [0.4, 0.5) is 8.78 Å². The van der Waals surface area contributed by atoms with Gasteiger partial charge in [0, 0.05) is 22.3 Å². The maximum atomic E-state index is 13.0. The zero-order valence-corrected chi connectivity index (χ0v) is 8.79. The van der Waals surface area contributed by atoms with Gasteiger partial charge in [0.15, 0.2) is 0 Å². The highest BCUT2D eigenvalue weighted by molar-refractivity contribution is 8.13. The number of hydrogen-bond acceptors (Lipinski definition) is 2. The molecule has 0 aliphatic rings. The Balaban J connectivity index is 3.17. The van der Waals surface area contributed by atoms with E-state index in [9.17, 15) is 17.2 Å². The van der Waals surface area contributed by atoms with Crippen molar-refractivity contribution in [1.29, 1.82) is 0 Å². The molecule has 0 heterocycles. The van der Waals surface area contributed by atoms with Crippen LogP contribution in [0.5, 0.6) is 0 Å². The van der Waals surface area contributed by atoms with E-state index in [0.717, 1.165) is 6.07 Å². The Kier molecular flexibility index (Phi) is 3.11. The van der Waals surface area contributed by atoms with E-state index in [2.05, 4.69) is 0 Å². The molecule has 0 aromatic heterocycles. The molecular weight excluding hydrogens is 234 g/mol. The van der Waals surface area contributed by atoms with Gasteiger partial charge in [-0.2, -0.15) is 0 Å².